The standard InChI is InChI=1S/C21H20N4O/c1-3-17(11-22-8-1)18-5-6-20-21(23-15-25(20)13-18)19-4-2-9-24(19)12-16-7-10-26-14-16/h1,3,5-8,10-11,13-15,19H,2,4,9,12H2/t19-/m1/s1. The quantitative estimate of drug-likeness (QED) is 0.553. The smallest absolute Gasteiger partial charge is 0.0996 e. The second-order valence-corrected chi connectivity index (χ2v) is 6.84. The fourth-order valence-electron chi connectivity index (χ4n) is 3.92. The molecule has 4 aromatic rings. The Bertz CT molecular complexity index is 1010. The molecule has 0 bridgehead atoms. The van der Waals surface area contributed by atoms with E-state index in [1.165, 1.54) is 23.2 Å². The van der Waals surface area contributed by atoms with Gasteiger partial charge in [-0.25, -0.2) is 4.98 Å². The van der Waals surface area contributed by atoms with Crippen LogP contribution in [0.2, 0.25) is 0 Å². The molecule has 0 unspecified atom stereocenters. The molecule has 5 heterocycles. The van der Waals surface area contributed by atoms with E-state index in [1.807, 2.05) is 30.9 Å². The molecule has 1 fully saturated rings. The normalized spacial score (nSPS) is 17.9. The van der Waals surface area contributed by atoms with Crippen LogP contribution in [0.25, 0.3) is 16.6 Å². The van der Waals surface area contributed by atoms with Gasteiger partial charge in [-0.15, -0.1) is 0 Å². The van der Waals surface area contributed by atoms with Gasteiger partial charge in [0.15, 0.2) is 0 Å². The van der Waals surface area contributed by atoms with Gasteiger partial charge in [-0.1, -0.05) is 12.1 Å². The minimum absolute atomic E-state index is 0.360. The van der Waals surface area contributed by atoms with Gasteiger partial charge in [-0.05, 0) is 43.1 Å². The van der Waals surface area contributed by atoms with Crippen LogP contribution in [0.5, 0.6) is 0 Å². The van der Waals surface area contributed by atoms with Crippen molar-refractivity contribution in [2.45, 2.75) is 25.4 Å². The molecule has 1 saturated heterocycles. The van der Waals surface area contributed by atoms with Crippen LogP contribution in [0.3, 0.4) is 0 Å². The van der Waals surface area contributed by atoms with Gasteiger partial charge in [0, 0.05) is 36.3 Å². The van der Waals surface area contributed by atoms with Gasteiger partial charge >= 0.3 is 0 Å². The van der Waals surface area contributed by atoms with E-state index in [9.17, 15) is 0 Å². The lowest BCUT2D eigenvalue weighted by atomic mass is 10.1. The predicted molar refractivity (Wildman–Crippen MR) is 99.5 cm³/mol. The Morgan fingerprint density at radius 3 is 3.00 bits per heavy atom. The van der Waals surface area contributed by atoms with Crippen molar-refractivity contribution in [2.75, 3.05) is 6.54 Å². The Morgan fingerprint density at radius 2 is 2.15 bits per heavy atom. The van der Waals surface area contributed by atoms with Gasteiger partial charge in [0.1, 0.15) is 0 Å². The first-order valence-electron chi connectivity index (χ1n) is 9.00. The molecule has 0 aliphatic carbocycles. The minimum Gasteiger partial charge on any atom is -0.472 e. The van der Waals surface area contributed by atoms with E-state index in [0.29, 0.717) is 6.04 Å². The number of aromatic nitrogens is 3. The van der Waals surface area contributed by atoms with Crippen LogP contribution in [-0.2, 0) is 6.54 Å². The van der Waals surface area contributed by atoms with Crippen molar-refractivity contribution in [2.24, 2.45) is 0 Å². The van der Waals surface area contributed by atoms with E-state index in [-0.39, 0.29) is 0 Å². The lowest BCUT2D eigenvalue weighted by Crippen LogP contribution is -2.22. The Labute approximate surface area is 151 Å². The highest BCUT2D eigenvalue weighted by molar-refractivity contribution is 5.66. The van der Waals surface area contributed by atoms with E-state index < -0.39 is 0 Å². The summed E-state index contributed by atoms with van der Waals surface area (Å²) in [5, 5.41) is 0. The number of fused-ring (bicyclic) bond motifs is 1. The van der Waals surface area contributed by atoms with Crippen molar-refractivity contribution < 1.29 is 4.42 Å². The zero-order valence-corrected chi connectivity index (χ0v) is 14.5. The maximum Gasteiger partial charge on any atom is 0.0996 e. The summed E-state index contributed by atoms with van der Waals surface area (Å²) in [6.45, 7) is 2.01. The topological polar surface area (TPSA) is 46.6 Å². The van der Waals surface area contributed by atoms with E-state index in [2.05, 4.69) is 38.7 Å². The van der Waals surface area contributed by atoms with E-state index in [0.717, 1.165) is 30.6 Å². The molecule has 5 rings (SSSR count). The monoisotopic (exact) mass is 344 g/mol. The fourth-order valence-corrected chi connectivity index (χ4v) is 3.92. The predicted octanol–water partition coefficient (Wildman–Crippen LogP) is 4.33. The largest absolute Gasteiger partial charge is 0.472 e. The third-order valence-electron chi connectivity index (χ3n) is 5.20. The Kier molecular flexibility index (Phi) is 3.79. The molecule has 1 atom stereocenters. The molecule has 0 N–H and O–H groups in total. The number of likely N-dealkylation sites (tertiary alicyclic amines) is 1. The zero-order valence-electron chi connectivity index (χ0n) is 14.5. The molecule has 4 aromatic heterocycles. The molecule has 5 heteroatoms. The summed E-state index contributed by atoms with van der Waals surface area (Å²) in [7, 11) is 0. The summed E-state index contributed by atoms with van der Waals surface area (Å²) in [4.78, 5) is 11.5. The lowest BCUT2D eigenvalue weighted by Gasteiger charge is -2.22. The van der Waals surface area contributed by atoms with Crippen LogP contribution in [-0.4, -0.2) is 25.8 Å². The number of pyridine rings is 2. The summed E-state index contributed by atoms with van der Waals surface area (Å²) in [6.07, 6.45) is 13.7. The first-order valence-corrected chi connectivity index (χ1v) is 9.00. The van der Waals surface area contributed by atoms with Crippen molar-refractivity contribution in [3.05, 3.63) is 79.0 Å². The van der Waals surface area contributed by atoms with Crippen LogP contribution in [0, 0.1) is 0 Å². The fraction of sp³-hybridized carbons (Fsp3) is 0.238. The third kappa shape index (κ3) is 2.70. The zero-order chi connectivity index (χ0) is 17.3. The van der Waals surface area contributed by atoms with Gasteiger partial charge in [0.2, 0.25) is 0 Å². The average molecular weight is 344 g/mol. The highest BCUT2D eigenvalue weighted by Crippen LogP contribution is 2.35. The van der Waals surface area contributed by atoms with Crippen molar-refractivity contribution in [3.8, 4) is 11.1 Å². The SMILES string of the molecule is c1cncc(-c2ccc3c([C@H]4CCCN4Cc4ccoc4)ncn3c2)c1. The molecule has 26 heavy (non-hydrogen) atoms. The number of hydrogen-bond acceptors (Lipinski definition) is 4. The van der Waals surface area contributed by atoms with Gasteiger partial charge in [-0.2, -0.15) is 0 Å². The number of rotatable bonds is 4. The van der Waals surface area contributed by atoms with Gasteiger partial charge in [0.05, 0.1) is 36.1 Å². The minimum atomic E-state index is 0.360. The van der Waals surface area contributed by atoms with E-state index >= 15 is 0 Å². The molecule has 0 amide bonds. The Morgan fingerprint density at radius 1 is 1.15 bits per heavy atom. The van der Waals surface area contributed by atoms with Crippen LogP contribution in [0.4, 0.5) is 0 Å². The van der Waals surface area contributed by atoms with Gasteiger partial charge in [-0.3, -0.25) is 9.88 Å². The lowest BCUT2D eigenvalue weighted by molar-refractivity contribution is 0.245. The molecular weight excluding hydrogens is 324 g/mol. The molecule has 0 aromatic carbocycles. The number of hydrogen-bond donors (Lipinski definition) is 0. The second kappa shape index (κ2) is 6.42. The maximum atomic E-state index is 5.22. The first-order chi connectivity index (χ1) is 12.9. The van der Waals surface area contributed by atoms with E-state index in [4.69, 9.17) is 9.40 Å². The van der Waals surface area contributed by atoms with Crippen molar-refractivity contribution in [1.82, 2.24) is 19.3 Å². The summed E-state index contributed by atoms with van der Waals surface area (Å²) >= 11 is 0. The molecule has 0 radical (unpaired) electrons. The highest BCUT2D eigenvalue weighted by Gasteiger charge is 2.29. The summed E-state index contributed by atoms with van der Waals surface area (Å²) in [5.41, 5.74) is 5.84. The Balaban J connectivity index is 1.47. The highest BCUT2D eigenvalue weighted by atomic mass is 16.3. The van der Waals surface area contributed by atoms with Crippen LogP contribution in [0.1, 0.15) is 30.1 Å². The third-order valence-corrected chi connectivity index (χ3v) is 5.20. The molecule has 130 valence electrons. The second-order valence-electron chi connectivity index (χ2n) is 6.84. The molecule has 1 aliphatic rings. The summed E-state index contributed by atoms with van der Waals surface area (Å²) in [6, 6.07) is 10.8. The van der Waals surface area contributed by atoms with Gasteiger partial charge in [0.25, 0.3) is 0 Å². The molecular formula is C21H20N4O. The number of imidazole rings is 1. The maximum absolute atomic E-state index is 5.22. The Hall–Kier alpha value is -2.92. The number of nitrogens with zero attached hydrogens (tertiary/aromatic N) is 4. The van der Waals surface area contributed by atoms with Crippen LogP contribution >= 0.6 is 0 Å². The van der Waals surface area contributed by atoms with Crippen LogP contribution in [0.15, 0.2) is 72.2 Å². The first kappa shape index (κ1) is 15.3. The van der Waals surface area contributed by atoms with E-state index in [1.54, 1.807) is 12.5 Å². The summed E-state index contributed by atoms with van der Waals surface area (Å²) < 4.78 is 7.36. The van der Waals surface area contributed by atoms with Crippen molar-refractivity contribution in [1.29, 1.82) is 0 Å². The van der Waals surface area contributed by atoms with Crippen LogP contribution < -0.4 is 0 Å². The molecule has 5 nitrogen and oxygen atoms in total. The average Bonchev–Trinajstić information content (AvgIpc) is 3.43. The molecule has 0 spiro atoms. The summed E-state index contributed by atoms with van der Waals surface area (Å²) in [5.74, 6) is 0. The van der Waals surface area contributed by atoms with Crippen molar-refractivity contribution >= 4 is 5.52 Å². The van der Waals surface area contributed by atoms with Crippen molar-refractivity contribution in [3.63, 3.8) is 0 Å². The number of furan rings is 1. The molecule has 1 aliphatic heterocycles. The molecule has 0 saturated carbocycles. The van der Waals surface area contributed by atoms with Gasteiger partial charge < -0.3 is 8.82 Å².